The van der Waals surface area contributed by atoms with E-state index in [9.17, 15) is 9.90 Å². The number of carbonyl (C=O) groups excluding carboxylic acids is 1. The Labute approximate surface area is 118 Å². The lowest BCUT2D eigenvalue weighted by atomic mass is 9.94. The quantitative estimate of drug-likeness (QED) is 0.890. The summed E-state index contributed by atoms with van der Waals surface area (Å²) >= 11 is 4.80. The summed E-state index contributed by atoms with van der Waals surface area (Å²) in [5.41, 5.74) is 0.229. The van der Waals surface area contributed by atoms with E-state index in [2.05, 4.69) is 21.2 Å². The number of nitrogens with one attached hydrogen (secondary N) is 1. The Balaban J connectivity index is 1.91. The molecule has 0 aromatic carbocycles. The minimum atomic E-state index is -0.822. The van der Waals surface area contributed by atoms with Crippen molar-refractivity contribution in [3.05, 3.63) is 20.3 Å². The standard InChI is InChI=1S/C12H16BrNO3S/c1-8-6-9(18-10(8)13)11(15)14-7-12(16)2-4-17-5-3-12/h6,16H,2-5,7H2,1H3,(H,14,15). The van der Waals surface area contributed by atoms with Crippen molar-refractivity contribution in [2.45, 2.75) is 25.4 Å². The molecule has 1 fully saturated rings. The van der Waals surface area contributed by atoms with E-state index in [0.717, 1.165) is 9.35 Å². The second-order valence-electron chi connectivity index (χ2n) is 4.59. The Kier molecular flexibility index (Phi) is 4.42. The van der Waals surface area contributed by atoms with E-state index in [1.54, 1.807) is 0 Å². The van der Waals surface area contributed by atoms with E-state index >= 15 is 0 Å². The Morgan fingerprint density at radius 2 is 2.28 bits per heavy atom. The van der Waals surface area contributed by atoms with Gasteiger partial charge < -0.3 is 15.2 Å². The van der Waals surface area contributed by atoms with Gasteiger partial charge in [0.05, 0.1) is 14.3 Å². The van der Waals surface area contributed by atoms with Crippen LogP contribution in [0, 0.1) is 6.92 Å². The number of amides is 1. The first kappa shape index (κ1) is 14.0. The van der Waals surface area contributed by atoms with Gasteiger partial charge in [-0.1, -0.05) is 0 Å². The maximum Gasteiger partial charge on any atom is 0.261 e. The molecule has 1 aliphatic rings. The van der Waals surface area contributed by atoms with E-state index in [-0.39, 0.29) is 12.5 Å². The normalized spacial score (nSPS) is 18.6. The van der Waals surface area contributed by atoms with Crippen LogP contribution in [0.5, 0.6) is 0 Å². The topological polar surface area (TPSA) is 58.6 Å². The average molecular weight is 334 g/mol. The van der Waals surface area contributed by atoms with Gasteiger partial charge in [0.15, 0.2) is 0 Å². The minimum absolute atomic E-state index is 0.131. The predicted molar refractivity (Wildman–Crippen MR) is 74.1 cm³/mol. The number of aliphatic hydroxyl groups is 1. The largest absolute Gasteiger partial charge is 0.388 e. The average Bonchev–Trinajstić information content (AvgIpc) is 2.68. The molecule has 6 heteroatoms. The third-order valence-electron chi connectivity index (χ3n) is 3.08. The summed E-state index contributed by atoms with van der Waals surface area (Å²) in [4.78, 5) is 12.6. The summed E-state index contributed by atoms with van der Waals surface area (Å²) in [6, 6.07) is 1.85. The third kappa shape index (κ3) is 3.32. The van der Waals surface area contributed by atoms with Gasteiger partial charge in [-0.2, -0.15) is 0 Å². The number of thiophene rings is 1. The smallest absolute Gasteiger partial charge is 0.261 e. The zero-order chi connectivity index (χ0) is 13.2. The lowest BCUT2D eigenvalue weighted by Crippen LogP contribution is -2.46. The van der Waals surface area contributed by atoms with Crippen LogP contribution in [-0.4, -0.2) is 36.4 Å². The molecule has 0 saturated carbocycles. The maximum atomic E-state index is 11.9. The molecular formula is C12H16BrNO3S. The third-order valence-corrected chi connectivity index (χ3v) is 5.22. The van der Waals surface area contributed by atoms with Crippen molar-refractivity contribution in [1.82, 2.24) is 5.32 Å². The maximum absolute atomic E-state index is 11.9. The highest BCUT2D eigenvalue weighted by Crippen LogP contribution is 2.27. The van der Waals surface area contributed by atoms with Crippen molar-refractivity contribution in [2.75, 3.05) is 19.8 Å². The lowest BCUT2D eigenvalue weighted by molar-refractivity contribution is -0.0605. The first-order chi connectivity index (χ1) is 8.50. The molecule has 0 aliphatic carbocycles. The van der Waals surface area contributed by atoms with Crippen molar-refractivity contribution in [3.8, 4) is 0 Å². The Hall–Kier alpha value is -0.430. The zero-order valence-corrected chi connectivity index (χ0v) is 12.6. The van der Waals surface area contributed by atoms with Gasteiger partial charge in [-0.15, -0.1) is 11.3 Å². The summed E-state index contributed by atoms with van der Waals surface area (Å²) in [6.07, 6.45) is 1.14. The SMILES string of the molecule is Cc1cc(C(=O)NCC2(O)CCOCC2)sc1Br. The number of hydrogen-bond donors (Lipinski definition) is 2. The van der Waals surface area contributed by atoms with E-state index in [0.29, 0.717) is 30.9 Å². The Bertz CT molecular complexity index is 421. The first-order valence-corrected chi connectivity index (χ1v) is 7.45. The first-order valence-electron chi connectivity index (χ1n) is 5.84. The van der Waals surface area contributed by atoms with Crippen LogP contribution in [0.4, 0.5) is 0 Å². The summed E-state index contributed by atoms with van der Waals surface area (Å²) in [5.74, 6) is -0.131. The van der Waals surface area contributed by atoms with E-state index < -0.39 is 5.60 Å². The van der Waals surface area contributed by atoms with Crippen molar-refractivity contribution < 1.29 is 14.6 Å². The van der Waals surface area contributed by atoms with Crippen LogP contribution in [0.2, 0.25) is 0 Å². The molecule has 18 heavy (non-hydrogen) atoms. The predicted octanol–water partition coefficient (Wildman–Crippen LogP) is 2.09. The lowest BCUT2D eigenvalue weighted by Gasteiger charge is -2.31. The Morgan fingerprint density at radius 1 is 1.61 bits per heavy atom. The number of halogens is 1. The highest BCUT2D eigenvalue weighted by atomic mass is 79.9. The van der Waals surface area contributed by atoms with Gasteiger partial charge in [-0.05, 0) is 34.5 Å². The molecule has 0 spiro atoms. The zero-order valence-electron chi connectivity index (χ0n) is 10.2. The minimum Gasteiger partial charge on any atom is -0.388 e. The van der Waals surface area contributed by atoms with Crippen LogP contribution >= 0.6 is 27.3 Å². The van der Waals surface area contributed by atoms with Crippen molar-refractivity contribution in [2.24, 2.45) is 0 Å². The van der Waals surface area contributed by atoms with Gasteiger partial charge in [0.25, 0.3) is 5.91 Å². The number of aryl methyl sites for hydroxylation is 1. The highest BCUT2D eigenvalue weighted by Gasteiger charge is 2.30. The summed E-state index contributed by atoms with van der Waals surface area (Å²) in [6.45, 7) is 3.33. The van der Waals surface area contributed by atoms with Gasteiger partial charge in [-0.25, -0.2) is 0 Å². The van der Waals surface area contributed by atoms with E-state index in [1.165, 1.54) is 11.3 Å². The van der Waals surface area contributed by atoms with Gasteiger partial charge >= 0.3 is 0 Å². The molecule has 1 aliphatic heterocycles. The molecule has 1 aromatic heterocycles. The molecule has 1 amide bonds. The monoisotopic (exact) mass is 333 g/mol. The van der Waals surface area contributed by atoms with Crippen LogP contribution in [0.1, 0.15) is 28.1 Å². The molecule has 0 radical (unpaired) electrons. The van der Waals surface area contributed by atoms with Gasteiger partial charge in [0.1, 0.15) is 0 Å². The van der Waals surface area contributed by atoms with Crippen molar-refractivity contribution >= 4 is 33.2 Å². The molecule has 2 heterocycles. The molecular weight excluding hydrogens is 318 g/mol. The molecule has 0 bridgehead atoms. The van der Waals surface area contributed by atoms with Gasteiger partial charge in [-0.3, -0.25) is 4.79 Å². The van der Waals surface area contributed by atoms with Gasteiger partial charge in [0.2, 0.25) is 0 Å². The fourth-order valence-electron chi connectivity index (χ4n) is 1.83. The molecule has 0 atom stereocenters. The van der Waals surface area contributed by atoms with E-state index in [1.807, 2.05) is 13.0 Å². The van der Waals surface area contributed by atoms with Crippen molar-refractivity contribution in [3.63, 3.8) is 0 Å². The summed E-state index contributed by atoms with van der Waals surface area (Å²) in [7, 11) is 0. The fourth-order valence-corrected chi connectivity index (χ4v) is 3.28. The second-order valence-corrected chi connectivity index (χ2v) is 6.96. The number of rotatable bonds is 3. The number of hydrogen-bond acceptors (Lipinski definition) is 4. The van der Waals surface area contributed by atoms with Crippen LogP contribution in [0.25, 0.3) is 0 Å². The van der Waals surface area contributed by atoms with Crippen LogP contribution in [-0.2, 0) is 4.74 Å². The van der Waals surface area contributed by atoms with Crippen molar-refractivity contribution in [1.29, 1.82) is 0 Å². The fraction of sp³-hybridized carbons (Fsp3) is 0.583. The molecule has 2 N–H and O–H groups in total. The molecule has 0 unspecified atom stereocenters. The Morgan fingerprint density at radius 3 is 2.83 bits per heavy atom. The molecule has 1 aromatic rings. The van der Waals surface area contributed by atoms with E-state index in [4.69, 9.17) is 4.74 Å². The number of carbonyl (C=O) groups is 1. The van der Waals surface area contributed by atoms with Crippen LogP contribution in [0.15, 0.2) is 9.85 Å². The molecule has 4 nitrogen and oxygen atoms in total. The molecule has 2 rings (SSSR count). The molecule has 100 valence electrons. The highest BCUT2D eigenvalue weighted by molar-refractivity contribution is 9.11. The second kappa shape index (κ2) is 5.69. The summed E-state index contributed by atoms with van der Waals surface area (Å²) in [5, 5.41) is 13.0. The van der Waals surface area contributed by atoms with Crippen LogP contribution in [0.3, 0.4) is 0 Å². The number of ether oxygens (including phenoxy) is 1. The van der Waals surface area contributed by atoms with Gasteiger partial charge in [0, 0.05) is 32.6 Å². The van der Waals surface area contributed by atoms with Crippen LogP contribution < -0.4 is 5.32 Å². The molecule has 1 saturated heterocycles. The summed E-state index contributed by atoms with van der Waals surface area (Å²) < 4.78 is 6.17.